The van der Waals surface area contributed by atoms with E-state index in [1.54, 1.807) is 0 Å². The first-order chi connectivity index (χ1) is 6.07. The van der Waals surface area contributed by atoms with Crippen LogP contribution in [-0.2, 0) is 9.53 Å². The van der Waals surface area contributed by atoms with Gasteiger partial charge in [0.15, 0.2) is 0 Å². The minimum atomic E-state index is -0.251. The Morgan fingerprint density at radius 3 is 2.43 bits per heavy atom. The van der Waals surface area contributed by atoms with E-state index >= 15 is 0 Å². The second-order valence-corrected chi connectivity index (χ2v) is 3.47. The van der Waals surface area contributed by atoms with Gasteiger partial charge in [-0.3, -0.25) is 4.79 Å². The summed E-state index contributed by atoms with van der Waals surface area (Å²) >= 11 is 0. The molecule has 0 aromatic heterocycles. The zero-order chi connectivity index (χ0) is 10.3. The van der Waals surface area contributed by atoms with Crippen LogP contribution >= 0.6 is 0 Å². The molecule has 0 fully saturated rings. The molecule has 0 aromatic carbocycles. The van der Waals surface area contributed by atoms with Gasteiger partial charge in [0, 0.05) is 13.0 Å². The summed E-state index contributed by atoms with van der Waals surface area (Å²) in [6, 6.07) is -0.0181. The van der Waals surface area contributed by atoms with Crippen LogP contribution in [0.2, 0.25) is 0 Å². The molecule has 0 rings (SSSR count). The molecule has 14 heavy (non-hydrogen) atoms. The van der Waals surface area contributed by atoms with E-state index in [4.69, 9.17) is 10.5 Å². The van der Waals surface area contributed by atoms with Gasteiger partial charge < -0.3 is 10.5 Å². The van der Waals surface area contributed by atoms with Gasteiger partial charge in [-0.05, 0) is 13.3 Å². The van der Waals surface area contributed by atoms with Crippen molar-refractivity contribution < 1.29 is 9.53 Å². The first-order valence-electron chi connectivity index (χ1n) is 5.00. The molecule has 80 valence electrons. The van der Waals surface area contributed by atoms with E-state index < -0.39 is 0 Å². The molecule has 2 atom stereocenters. The van der Waals surface area contributed by atoms with Crippen LogP contribution in [0.25, 0.3) is 0 Å². The number of unbranched alkanes of at least 4 members (excludes halogenated alkanes) is 2. The van der Waals surface area contributed by atoms with Crippen molar-refractivity contribution in [3.8, 4) is 0 Å². The predicted octanol–water partition coefficient (Wildman–Crippen LogP) is 1.20. The quantitative estimate of drug-likeness (QED) is 0.408. The fraction of sp³-hybridized carbons (Fsp3) is 0.900. The molecule has 3 nitrogen and oxygen atoms in total. The Morgan fingerprint density at radius 1 is 1.43 bits per heavy atom. The number of hydrogen-bond acceptors (Lipinski definition) is 3. The van der Waals surface area contributed by atoms with Gasteiger partial charge in [-0.2, -0.15) is 0 Å². The molecule has 0 aliphatic rings. The summed E-state index contributed by atoms with van der Waals surface area (Å²) in [6.07, 6.45) is 4.27. The van der Waals surface area contributed by atoms with Gasteiger partial charge in [0.25, 0.3) is 0 Å². The Morgan fingerprint density at radius 2 is 2.00 bits per heavy atom. The van der Waals surface area contributed by atoms with Crippen molar-refractivity contribution >= 4 is 35.5 Å². The summed E-state index contributed by atoms with van der Waals surface area (Å²) in [6.45, 7) is 5.41. The maximum absolute atomic E-state index is 10.6. The normalized spacial score (nSPS) is 14.0. The van der Waals surface area contributed by atoms with Crippen LogP contribution in [0.5, 0.6) is 0 Å². The van der Waals surface area contributed by atoms with Crippen LogP contribution in [0, 0.1) is 0 Å². The molecule has 2 N–H and O–H groups in total. The number of rotatable bonds is 6. The minimum absolute atomic E-state index is 0. The maximum atomic E-state index is 10.6. The molecule has 0 aliphatic carbocycles. The molecule has 0 heterocycles. The van der Waals surface area contributed by atoms with Crippen LogP contribution in [0.4, 0.5) is 0 Å². The summed E-state index contributed by atoms with van der Waals surface area (Å²) in [5.74, 6) is -0.251. The van der Waals surface area contributed by atoms with E-state index in [9.17, 15) is 4.79 Å². The fourth-order valence-corrected chi connectivity index (χ4v) is 1.21. The van der Waals surface area contributed by atoms with Gasteiger partial charge in [0.1, 0.15) is 6.10 Å². The van der Waals surface area contributed by atoms with E-state index in [2.05, 4.69) is 6.92 Å². The first-order valence-corrected chi connectivity index (χ1v) is 5.00. The third-order valence-electron chi connectivity index (χ3n) is 2.10. The molecule has 4 heteroatoms. The summed E-state index contributed by atoms with van der Waals surface area (Å²) in [5.41, 5.74) is 5.83. The summed E-state index contributed by atoms with van der Waals surface area (Å²) in [5, 5.41) is 0. The SMILES string of the molecule is CCCCCC(N)C(C)OC(C)=O.[NaH]. The second-order valence-electron chi connectivity index (χ2n) is 3.47. The van der Waals surface area contributed by atoms with Gasteiger partial charge in [-0.1, -0.05) is 26.2 Å². The standard InChI is InChI=1S/C10H21NO2.Na.H/c1-4-5-6-7-10(11)8(2)13-9(3)12;;/h8,10H,4-7,11H2,1-3H3;;. The zero-order valence-electron chi connectivity index (χ0n) is 8.88. The monoisotopic (exact) mass is 211 g/mol. The average molecular weight is 211 g/mol. The molecule has 0 saturated carbocycles. The van der Waals surface area contributed by atoms with Crippen LogP contribution < -0.4 is 5.73 Å². The molecule has 0 spiro atoms. The molecule has 0 bridgehead atoms. The van der Waals surface area contributed by atoms with E-state index in [0.29, 0.717) is 0 Å². The van der Waals surface area contributed by atoms with Crippen molar-refractivity contribution in [3.05, 3.63) is 0 Å². The third kappa shape index (κ3) is 9.00. The molecule has 2 unspecified atom stereocenters. The molecule has 0 aliphatic heterocycles. The Balaban J connectivity index is 0. The Bertz CT molecular complexity index is 153. The van der Waals surface area contributed by atoms with Crippen molar-refractivity contribution in [3.63, 3.8) is 0 Å². The Labute approximate surface area is 109 Å². The summed E-state index contributed by atoms with van der Waals surface area (Å²) < 4.78 is 4.98. The number of ether oxygens (including phenoxy) is 1. The van der Waals surface area contributed by atoms with E-state index in [1.165, 1.54) is 19.8 Å². The number of carbonyl (C=O) groups excluding carboxylic acids is 1. The molecule has 0 radical (unpaired) electrons. The van der Waals surface area contributed by atoms with Crippen molar-refractivity contribution in [1.29, 1.82) is 0 Å². The molecule has 0 amide bonds. The average Bonchev–Trinajstić information content (AvgIpc) is 2.03. The van der Waals surface area contributed by atoms with Crippen LogP contribution in [-0.4, -0.2) is 47.7 Å². The second kappa shape index (κ2) is 9.97. The molecular weight excluding hydrogens is 189 g/mol. The van der Waals surface area contributed by atoms with Crippen molar-refractivity contribution in [1.82, 2.24) is 0 Å². The van der Waals surface area contributed by atoms with Gasteiger partial charge in [0.2, 0.25) is 0 Å². The number of nitrogens with two attached hydrogens (primary N) is 1. The van der Waals surface area contributed by atoms with E-state index in [1.807, 2.05) is 6.92 Å². The summed E-state index contributed by atoms with van der Waals surface area (Å²) in [4.78, 5) is 10.6. The van der Waals surface area contributed by atoms with Crippen LogP contribution in [0.15, 0.2) is 0 Å². The number of hydrogen-bond donors (Lipinski definition) is 1. The van der Waals surface area contributed by atoms with E-state index in [-0.39, 0.29) is 47.7 Å². The number of carbonyl (C=O) groups is 1. The Kier molecular flexibility index (Phi) is 12.0. The Hall–Kier alpha value is 0.430. The first kappa shape index (κ1) is 16.8. The predicted molar refractivity (Wildman–Crippen MR) is 60.5 cm³/mol. The fourth-order valence-electron chi connectivity index (χ4n) is 1.21. The van der Waals surface area contributed by atoms with Crippen LogP contribution in [0.1, 0.15) is 46.5 Å². The van der Waals surface area contributed by atoms with Crippen molar-refractivity contribution in [2.75, 3.05) is 0 Å². The zero-order valence-corrected chi connectivity index (χ0v) is 8.88. The van der Waals surface area contributed by atoms with Gasteiger partial charge in [-0.15, -0.1) is 0 Å². The molecular formula is C10H22NNaO2. The van der Waals surface area contributed by atoms with Crippen molar-refractivity contribution in [2.24, 2.45) is 5.73 Å². The summed E-state index contributed by atoms with van der Waals surface area (Å²) in [7, 11) is 0. The van der Waals surface area contributed by atoms with Crippen molar-refractivity contribution in [2.45, 2.75) is 58.6 Å². The number of esters is 1. The van der Waals surface area contributed by atoms with Gasteiger partial charge >= 0.3 is 35.5 Å². The van der Waals surface area contributed by atoms with E-state index in [0.717, 1.165) is 12.8 Å². The topological polar surface area (TPSA) is 52.3 Å². The van der Waals surface area contributed by atoms with Gasteiger partial charge in [0.05, 0.1) is 0 Å². The third-order valence-corrected chi connectivity index (χ3v) is 2.10. The molecule has 0 saturated heterocycles. The van der Waals surface area contributed by atoms with Gasteiger partial charge in [-0.25, -0.2) is 0 Å². The molecule has 0 aromatic rings. The van der Waals surface area contributed by atoms with Crippen LogP contribution in [0.3, 0.4) is 0 Å².